The molecule has 0 saturated carbocycles. The number of benzene rings is 3. The topological polar surface area (TPSA) is 97.4 Å². The Hall–Kier alpha value is -4.73. The fourth-order valence-electron chi connectivity index (χ4n) is 3.36. The van der Waals surface area contributed by atoms with E-state index in [0.717, 1.165) is 11.6 Å². The molecule has 0 aliphatic carbocycles. The number of hydrogen-bond acceptors (Lipinski definition) is 5. The number of carbonyl (C=O) groups is 3. The maximum atomic E-state index is 13.7. The molecule has 0 aliphatic heterocycles. The summed E-state index contributed by atoms with van der Waals surface area (Å²) >= 11 is 0. The van der Waals surface area contributed by atoms with Crippen LogP contribution in [-0.4, -0.2) is 35.9 Å². The molecule has 0 fully saturated rings. The average Bonchev–Trinajstić information content (AvgIpc) is 2.90. The minimum atomic E-state index is -1.73. The molecule has 10 heteroatoms. The van der Waals surface area contributed by atoms with E-state index in [0.29, 0.717) is 22.7 Å². The first-order chi connectivity index (χ1) is 17.3. The number of rotatable bonds is 7. The zero-order valence-corrected chi connectivity index (χ0v) is 18.6. The highest BCUT2D eigenvalue weighted by Gasteiger charge is 2.18. The third kappa shape index (κ3) is 5.49. The monoisotopic (exact) mass is 493 g/mol. The molecule has 4 rings (SSSR count). The van der Waals surface area contributed by atoms with Crippen LogP contribution in [-0.2, 0) is 14.3 Å². The quantitative estimate of drug-likeness (QED) is 0.297. The summed E-state index contributed by atoms with van der Waals surface area (Å²) in [7, 11) is 0. The second-order valence-electron chi connectivity index (χ2n) is 7.56. The smallest absolute Gasteiger partial charge is 0.339 e. The Morgan fingerprint density at radius 1 is 0.833 bits per heavy atom. The normalized spacial score (nSPS) is 10.6. The van der Waals surface area contributed by atoms with Gasteiger partial charge in [-0.1, -0.05) is 48.5 Å². The van der Waals surface area contributed by atoms with Crippen molar-refractivity contribution in [1.82, 2.24) is 10.3 Å². The van der Waals surface area contributed by atoms with Crippen LogP contribution in [0.4, 0.5) is 18.9 Å². The van der Waals surface area contributed by atoms with Crippen molar-refractivity contribution in [3.8, 4) is 11.3 Å². The summed E-state index contributed by atoms with van der Waals surface area (Å²) in [6, 6.07) is 19.3. The fraction of sp³-hybridized carbons (Fsp3) is 0.0769. The van der Waals surface area contributed by atoms with Gasteiger partial charge in [-0.2, -0.15) is 0 Å². The van der Waals surface area contributed by atoms with Gasteiger partial charge in [0, 0.05) is 10.9 Å². The largest absolute Gasteiger partial charge is 0.452 e. The minimum absolute atomic E-state index is 0.207. The van der Waals surface area contributed by atoms with Crippen LogP contribution in [0.2, 0.25) is 0 Å². The number of esters is 1. The van der Waals surface area contributed by atoms with Crippen LogP contribution in [0.5, 0.6) is 0 Å². The van der Waals surface area contributed by atoms with E-state index in [9.17, 15) is 27.6 Å². The third-order valence-corrected chi connectivity index (χ3v) is 5.10. The first-order valence-corrected chi connectivity index (χ1v) is 10.7. The van der Waals surface area contributed by atoms with E-state index in [2.05, 4.69) is 10.3 Å². The minimum Gasteiger partial charge on any atom is -0.452 e. The van der Waals surface area contributed by atoms with Gasteiger partial charge in [0.1, 0.15) is 0 Å². The van der Waals surface area contributed by atoms with Crippen LogP contribution in [0.1, 0.15) is 10.4 Å². The van der Waals surface area contributed by atoms with Crippen molar-refractivity contribution >= 4 is 34.4 Å². The average molecular weight is 493 g/mol. The molecular formula is C26H18F3N3O4. The van der Waals surface area contributed by atoms with E-state index in [1.165, 1.54) is 0 Å². The number of pyridine rings is 1. The van der Waals surface area contributed by atoms with Gasteiger partial charge in [0.05, 0.1) is 29.0 Å². The van der Waals surface area contributed by atoms with Crippen molar-refractivity contribution in [1.29, 1.82) is 0 Å². The van der Waals surface area contributed by atoms with Crippen molar-refractivity contribution in [2.45, 2.75) is 0 Å². The summed E-state index contributed by atoms with van der Waals surface area (Å²) in [5.41, 5.74) is 1.53. The number of anilines is 1. The van der Waals surface area contributed by atoms with Gasteiger partial charge in [-0.15, -0.1) is 0 Å². The second-order valence-corrected chi connectivity index (χ2v) is 7.56. The molecule has 4 aromatic rings. The van der Waals surface area contributed by atoms with E-state index in [1.807, 2.05) is 35.6 Å². The van der Waals surface area contributed by atoms with Gasteiger partial charge in [-0.25, -0.2) is 22.9 Å². The summed E-state index contributed by atoms with van der Waals surface area (Å²) in [4.78, 5) is 41.4. The highest BCUT2D eigenvalue weighted by molar-refractivity contribution is 6.05. The molecule has 2 N–H and O–H groups in total. The molecule has 0 spiro atoms. The van der Waals surface area contributed by atoms with Crippen molar-refractivity contribution in [3.05, 3.63) is 95.8 Å². The van der Waals surface area contributed by atoms with Gasteiger partial charge in [-0.05, 0) is 24.3 Å². The first-order valence-electron chi connectivity index (χ1n) is 10.7. The van der Waals surface area contributed by atoms with Crippen LogP contribution >= 0.6 is 0 Å². The molecule has 3 aromatic carbocycles. The van der Waals surface area contributed by atoms with E-state index < -0.39 is 54.1 Å². The molecule has 7 nitrogen and oxygen atoms in total. The predicted octanol–water partition coefficient (Wildman–Crippen LogP) is 4.23. The molecule has 0 unspecified atom stereocenters. The van der Waals surface area contributed by atoms with E-state index in [1.54, 1.807) is 30.3 Å². The Morgan fingerprint density at radius 3 is 2.33 bits per heavy atom. The number of aromatic nitrogens is 1. The number of amides is 2. The molecule has 0 aliphatic rings. The van der Waals surface area contributed by atoms with Crippen molar-refractivity contribution in [3.63, 3.8) is 0 Å². The standard InChI is InChI=1S/C26H18F3N3O4/c27-18-10-11-20(25(29)24(18)28)32-22(33)13-30-23(34)14-36-26(35)17-12-21(15-6-2-1-3-7-15)31-19-9-5-4-8-16(17)19/h1-12H,13-14H2,(H,30,34)(H,32,33). The Bertz CT molecular complexity index is 1460. The van der Waals surface area contributed by atoms with Gasteiger partial charge >= 0.3 is 5.97 Å². The molecule has 1 heterocycles. The molecule has 0 atom stereocenters. The summed E-state index contributed by atoms with van der Waals surface area (Å²) in [6.45, 7) is -1.31. The maximum Gasteiger partial charge on any atom is 0.339 e. The molecule has 36 heavy (non-hydrogen) atoms. The summed E-state index contributed by atoms with van der Waals surface area (Å²) in [5.74, 6) is -7.17. The summed E-state index contributed by atoms with van der Waals surface area (Å²) in [6.07, 6.45) is 0. The molecular weight excluding hydrogens is 475 g/mol. The Labute approximate surface area is 202 Å². The van der Waals surface area contributed by atoms with Crippen LogP contribution in [0.25, 0.3) is 22.2 Å². The SMILES string of the molecule is O=C(COC(=O)c1cc(-c2ccccc2)nc2ccccc12)NCC(=O)Nc1ccc(F)c(F)c1F. The number of para-hydroxylation sites is 1. The number of nitrogens with one attached hydrogen (secondary N) is 2. The molecule has 2 amide bonds. The molecule has 1 aromatic heterocycles. The van der Waals surface area contributed by atoms with E-state index in [4.69, 9.17) is 4.74 Å². The number of ether oxygens (including phenoxy) is 1. The molecule has 182 valence electrons. The summed E-state index contributed by atoms with van der Waals surface area (Å²) in [5, 5.41) is 4.75. The van der Waals surface area contributed by atoms with Gasteiger partial charge in [0.25, 0.3) is 5.91 Å². The third-order valence-electron chi connectivity index (χ3n) is 5.10. The lowest BCUT2D eigenvalue weighted by Crippen LogP contribution is -2.35. The lowest BCUT2D eigenvalue weighted by atomic mass is 10.0. The van der Waals surface area contributed by atoms with Gasteiger partial charge < -0.3 is 15.4 Å². The molecule has 0 radical (unpaired) electrons. The summed E-state index contributed by atoms with van der Waals surface area (Å²) < 4.78 is 45.0. The van der Waals surface area contributed by atoms with Gasteiger partial charge in [0.2, 0.25) is 5.91 Å². The van der Waals surface area contributed by atoms with Crippen LogP contribution in [0.15, 0.2) is 72.8 Å². The zero-order chi connectivity index (χ0) is 25.7. The van der Waals surface area contributed by atoms with Crippen LogP contribution in [0.3, 0.4) is 0 Å². The highest BCUT2D eigenvalue weighted by atomic mass is 19.2. The molecule has 0 saturated heterocycles. The first kappa shape index (κ1) is 24.4. The predicted molar refractivity (Wildman–Crippen MR) is 125 cm³/mol. The van der Waals surface area contributed by atoms with Gasteiger partial charge in [0.15, 0.2) is 24.1 Å². The second kappa shape index (κ2) is 10.7. The number of fused-ring (bicyclic) bond motifs is 1. The van der Waals surface area contributed by atoms with E-state index in [-0.39, 0.29) is 5.56 Å². The Morgan fingerprint density at radius 2 is 1.56 bits per heavy atom. The number of hydrogen-bond donors (Lipinski definition) is 2. The lowest BCUT2D eigenvalue weighted by Gasteiger charge is -2.11. The molecule has 0 bridgehead atoms. The number of nitrogens with zero attached hydrogens (tertiary/aromatic N) is 1. The Balaban J connectivity index is 1.38. The highest BCUT2D eigenvalue weighted by Crippen LogP contribution is 2.25. The van der Waals surface area contributed by atoms with E-state index >= 15 is 0 Å². The zero-order valence-electron chi connectivity index (χ0n) is 18.6. The number of carbonyl (C=O) groups excluding carboxylic acids is 3. The van der Waals surface area contributed by atoms with Crippen LogP contribution in [0, 0.1) is 17.5 Å². The Kier molecular flexibility index (Phi) is 7.24. The lowest BCUT2D eigenvalue weighted by molar-refractivity contribution is -0.126. The van der Waals surface area contributed by atoms with Gasteiger partial charge in [-0.3, -0.25) is 9.59 Å². The van der Waals surface area contributed by atoms with Crippen molar-refractivity contribution in [2.75, 3.05) is 18.5 Å². The fourth-order valence-corrected chi connectivity index (χ4v) is 3.36. The van der Waals surface area contributed by atoms with Crippen LogP contribution < -0.4 is 10.6 Å². The van der Waals surface area contributed by atoms with Crippen molar-refractivity contribution < 1.29 is 32.3 Å². The maximum absolute atomic E-state index is 13.7. The number of halogens is 3. The van der Waals surface area contributed by atoms with Crippen molar-refractivity contribution in [2.24, 2.45) is 0 Å².